The molecule has 0 unspecified atom stereocenters. The summed E-state index contributed by atoms with van der Waals surface area (Å²) in [4.78, 5) is 15.0. The van der Waals surface area contributed by atoms with Crippen molar-refractivity contribution in [1.82, 2.24) is 19.8 Å². The molecule has 12 heteroatoms. The molecule has 0 bridgehead atoms. The van der Waals surface area contributed by atoms with Crippen molar-refractivity contribution in [3.63, 3.8) is 0 Å². The molecule has 1 aromatic carbocycles. The summed E-state index contributed by atoms with van der Waals surface area (Å²) in [6, 6.07) is 9.15. The lowest BCUT2D eigenvalue weighted by Gasteiger charge is -2.42. The zero-order valence-electron chi connectivity index (χ0n) is 23.9. The average molecular weight is 585 g/mol. The molecule has 4 heterocycles. The van der Waals surface area contributed by atoms with Gasteiger partial charge in [-0.2, -0.15) is 0 Å². The number of benzene rings is 1. The van der Waals surface area contributed by atoms with E-state index in [1.807, 2.05) is 11.0 Å². The normalized spacial score (nSPS) is 20.7. The van der Waals surface area contributed by atoms with Crippen LogP contribution < -0.4 is 14.4 Å². The number of piperazine rings is 1. The molecule has 5 rings (SSSR count). The molecular weight excluding hydrogens is 547 g/mol. The van der Waals surface area contributed by atoms with Crippen molar-refractivity contribution in [1.29, 1.82) is 0 Å². The lowest BCUT2D eigenvalue weighted by molar-refractivity contribution is 0.0556. The van der Waals surface area contributed by atoms with E-state index in [4.69, 9.17) is 9.47 Å². The molecule has 3 aromatic rings. The van der Waals surface area contributed by atoms with E-state index in [-0.39, 0.29) is 22.3 Å². The highest BCUT2D eigenvalue weighted by molar-refractivity contribution is 7.92. The molecule has 220 valence electrons. The van der Waals surface area contributed by atoms with E-state index in [0.717, 1.165) is 18.7 Å². The van der Waals surface area contributed by atoms with Gasteiger partial charge >= 0.3 is 0 Å². The molecule has 0 amide bonds. The van der Waals surface area contributed by atoms with Gasteiger partial charge in [0, 0.05) is 62.1 Å². The zero-order valence-corrected chi connectivity index (χ0v) is 24.7. The first-order valence-corrected chi connectivity index (χ1v) is 15.2. The second-order valence-corrected chi connectivity index (χ2v) is 12.4. The molecule has 10 nitrogen and oxygen atoms in total. The molecule has 1 N–H and O–H groups in total. The summed E-state index contributed by atoms with van der Waals surface area (Å²) in [6.07, 6.45) is 4.48. The monoisotopic (exact) mass is 584 g/mol. The van der Waals surface area contributed by atoms with Crippen LogP contribution in [0.5, 0.6) is 5.88 Å². The fourth-order valence-corrected chi connectivity index (χ4v) is 6.58. The van der Waals surface area contributed by atoms with Gasteiger partial charge in [-0.1, -0.05) is 12.1 Å². The van der Waals surface area contributed by atoms with E-state index < -0.39 is 10.0 Å². The number of aromatic nitrogens is 2. The Labute approximate surface area is 241 Å². The van der Waals surface area contributed by atoms with Crippen LogP contribution in [0.2, 0.25) is 0 Å². The van der Waals surface area contributed by atoms with Crippen molar-refractivity contribution >= 4 is 21.4 Å². The molecular formula is C29H37FN6O4S. The number of methoxy groups -OCH3 is 1. The molecule has 2 fully saturated rings. The van der Waals surface area contributed by atoms with Crippen LogP contribution in [0.3, 0.4) is 0 Å². The maximum atomic E-state index is 15.3. The van der Waals surface area contributed by atoms with Gasteiger partial charge in [-0.3, -0.25) is 19.5 Å². The number of pyridine rings is 2. The van der Waals surface area contributed by atoms with Gasteiger partial charge in [-0.05, 0) is 44.7 Å². The van der Waals surface area contributed by atoms with Gasteiger partial charge in [0.05, 0.1) is 44.1 Å². The molecule has 2 aromatic heterocycles. The van der Waals surface area contributed by atoms with E-state index in [9.17, 15) is 8.42 Å². The number of anilines is 2. The molecule has 2 aliphatic rings. The minimum absolute atomic E-state index is 0.0237. The maximum absolute atomic E-state index is 15.3. The van der Waals surface area contributed by atoms with Gasteiger partial charge in [0.25, 0.3) is 10.0 Å². The fraction of sp³-hybridized carbons (Fsp3) is 0.448. The summed E-state index contributed by atoms with van der Waals surface area (Å²) >= 11 is 0. The van der Waals surface area contributed by atoms with Crippen LogP contribution in [0.4, 0.5) is 15.8 Å². The van der Waals surface area contributed by atoms with Crippen LogP contribution in [-0.4, -0.2) is 93.8 Å². The van der Waals surface area contributed by atoms with Crippen molar-refractivity contribution in [2.45, 2.75) is 37.4 Å². The number of morpholine rings is 1. The van der Waals surface area contributed by atoms with Crippen molar-refractivity contribution in [2.24, 2.45) is 0 Å². The largest absolute Gasteiger partial charge is 0.480 e. The predicted molar refractivity (Wildman–Crippen MR) is 156 cm³/mol. The van der Waals surface area contributed by atoms with Gasteiger partial charge in [-0.15, -0.1) is 0 Å². The third-order valence-corrected chi connectivity index (χ3v) is 9.22. The lowest BCUT2D eigenvalue weighted by Crippen LogP contribution is -2.54. The number of hydrogen-bond donors (Lipinski definition) is 1. The second-order valence-electron chi connectivity index (χ2n) is 10.7. The van der Waals surface area contributed by atoms with Crippen LogP contribution in [-0.2, 0) is 21.3 Å². The Morgan fingerprint density at radius 3 is 2.49 bits per heavy atom. The van der Waals surface area contributed by atoms with E-state index >= 15 is 4.39 Å². The van der Waals surface area contributed by atoms with E-state index in [1.165, 1.54) is 25.6 Å². The third-order valence-electron chi connectivity index (χ3n) is 7.84. The summed E-state index contributed by atoms with van der Waals surface area (Å²) < 4.78 is 55.4. The average Bonchev–Trinajstić information content (AvgIpc) is 2.96. The number of nitrogens with one attached hydrogen (secondary N) is 1. The Hall–Kier alpha value is -3.32. The molecule has 0 radical (unpaired) electrons. The molecule has 41 heavy (non-hydrogen) atoms. The number of rotatable bonds is 8. The first-order chi connectivity index (χ1) is 19.6. The van der Waals surface area contributed by atoms with Gasteiger partial charge in [0.1, 0.15) is 5.82 Å². The van der Waals surface area contributed by atoms with Crippen LogP contribution in [0, 0.1) is 5.82 Å². The third kappa shape index (κ3) is 6.61. The van der Waals surface area contributed by atoms with Crippen molar-refractivity contribution in [2.75, 3.05) is 63.2 Å². The Morgan fingerprint density at radius 2 is 1.80 bits per heavy atom. The van der Waals surface area contributed by atoms with Gasteiger partial charge in [0.2, 0.25) is 5.88 Å². The SMILES string of the molecule is COc1ncc(N2CCOCC2)cc1S(=O)(=O)Nc1cncc(-c2ccc(CN3C[C@@H](C)N(C)[C@@H](C)C3)cc2F)c1. The quantitative estimate of drug-likeness (QED) is 0.427. The summed E-state index contributed by atoms with van der Waals surface area (Å²) in [5.41, 5.74) is 2.55. The van der Waals surface area contributed by atoms with Crippen LogP contribution >= 0.6 is 0 Å². The summed E-state index contributed by atoms with van der Waals surface area (Å²) in [6.45, 7) is 9.28. The Balaban J connectivity index is 1.34. The molecule has 0 aliphatic carbocycles. The highest BCUT2D eigenvalue weighted by Crippen LogP contribution is 2.30. The lowest BCUT2D eigenvalue weighted by atomic mass is 10.0. The van der Waals surface area contributed by atoms with Crippen LogP contribution in [0.15, 0.2) is 53.8 Å². The van der Waals surface area contributed by atoms with Crippen molar-refractivity contribution < 1.29 is 22.3 Å². The number of halogens is 1. The number of hydrogen-bond acceptors (Lipinski definition) is 9. The number of likely N-dealkylation sites (N-methyl/N-ethyl adjacent to an activating group) is 1. The zero-order chi connectivity index (χ0) is 29.1. The molecule has 2 atom stereocenters. The molecule has 2 saturated heterocycles. The summed E-state index contributed by atoms with van der Waals surface area (Å²) in [7, 11) is -0.592. The standard InChI is InChI=1S/C29H37FN6O4S/c1-20-17-35(18-21(2)34(20)3)19-22-5-6-26(27(30)11-22)23-12-24(15-31-14-23)33-41(37,38)28-13-25(16-32-29(28)39-4)36-7-9-40-10-8-36/h5-6,11-16,20-21,33H,7-10,17-19H2,1-4H3/t20-,21+. The summed E-state index contributed by atoms with van der Waals surface area (Å²) in [5, 5.41) is 0. The van der Waals surface area contributed by atoms with Gasteiger partial charge < -0.3 is 14.4 Å². The number of sulfonamides is 1. The van der Waals surface area contributed by atoms with E-state index in [2.05, 4.69) is 45.4 Å². The topological polar surface area (TPSA) is 100 Å². The Bertz CT molecular complexity index is 1470. The van der Waals surface area contributed by atoms with E-state index in [1.54, 1.807) is 24.4 Å². The second kappa shape index (κ2) is 12.3. The number of ether oxygens (including phenoxy) is 2. The fourth-order valence-electron chi connectivity index (χ4n) is 5.41. The van der Waals surface area contributed by atoms with Gasteiger partial charge in [-0.25, -0.2) is 17.8 Å². The molecule has 0 spiro atoms. The van der Waals surface area contributed by atoms with E-state index in [0.29, 0.717) is 61.7 Å². The van der Waals surface area contributed by atoms with Crippen LogP contribution in [0.1, 0.15) is 19.4 Å². The highest BCUT2D eigenvalue weighted by Gasteiger charge is 2.27. The Kier molecular flexibility index (Phi) is 8.74. The van der Waals surface area contributed by atoms with Crippen LogP contribution in [0.25, 0.3) is 11.1 Å². The summed E-state index contributed by atoms with van der Waals surface area (Å²) in [5.74, 6) is -0.409. The molecule has 2 aliphatic heterocycles. The maximum Gasteiger partial charge on any atom is 0.267 e. The molecule has 0 saturated carbocycles. The smallest absolute Gasteiger partial charge is 0.267 e. The van der Waals surface area contributed by atoms with Gasteiger partial charge in [0.15, 0.2) is 4.90 Å². The first kappa shape index (κ1) is 29.2. The highest BCUT2D eigenvalue weighted by atomic mass is 32.2. The number of nitrogens with zero attached hydrogens (tertiary/aromatic N) is 5. The Morgan fingerprint density at radius 1 is 1.07 bits per heavy atom. The van der Waals surface area contributed by atoms with Crippen molar-refractivity contribution in [3.05, 3.63) is 60.3 Å². The minimum atomic E-state index is -4.10. The first-order valence-electron chi connectivity index (χ1n) is 13.7. The van der Waals surface area contributed by atoms with Crippen molar-refractivity contribution in [3.8, 4) is 17.0 Å². The predicted octanol–water partition coefficient (Wildman–Crippen LogP) is 3.45. The minimum Gasteiger partial charge on any atom is -0.480 e.